The average Bonchev–Trinajstić information content (AvgIpc) is 2.42. The summed E-state index contributed by atoms with van der Waals surface area (Å²) < 4.78 is 0. The number of pyridine rings is 1. The second-order valence-electron chi connectivity index (χ2n) is 4.25. The van der Waals surface area contributed by atoms with Gasteiger partial charge in [0.2, 0.25) is 0 Å². The van der Waals surface area contributed by atoms with Gasteiger partial charge in [-0.3, -0.25) is 4.98 Å². The minimum atomic E-state index is 0.854. The topological polar surface area (TPSA) is 24.9 Å². The third-order valence-corrected chi connectivity index (χ3v) is 2.67. The van der Waals surface area contributed by atoms with Gasteiger partial charge in [-0.1, -0.05) is 48.6 Å². The molecule has 0 fully saturated rings. The Morgan fingerprint density at radius 2 is 1.94 bits per heavy atom. The maximum Gasteiger partial charge on any atom is 0.0372 e. The zero-order chi connectivity index (χ0) is 12.6. The molecule has 2 nitrogen and oxygen atoms in total. The summed E-state index contributed by atoms with van der Waals surface area (Å²) in [5.41, 5.74) is 3.51. The molecule has 2 rings (SSSR count). The normalized spacial score (nSPS) is 10.9. The van der Waals surface area contributed by atoms with Crippen molar-refractivity contribution in [3.05, 3.63) is 71.6 Å². The lowest BCUT2D eigenvalue weighted by Gasteiger charge is -2.01. The lowest BCUT2D eigenvalue weighted by molar-refractivity contribution is 0.757. The molecule has 0 amide bonds. The average molecular weight is 238 g/mol. The highest BCUT2D eigenvalue weighted by molar-refractivity contribution is 5.48. The molecule has 2 heteroatoms. The van der Waals surface area contributed by atoms with Gasteiger partial charge in [-0.2, -0.15) is 0 Å². The highest BCUT2D eigenvalue weighted by Gasteiger charge is 1.91. The van der Waals surface area contributed by atoms with Gasteiger partial charge in [0.25, 0.3) is 0 Å². The van der Waals surface area contributed by atoms with Crippen LogP contribution in [0.5, 0.6) is 0 Å². The number of hydrogen-bond donors (Lipinski definition) is 1. The van der Waals surface area contributed by atoms with Gasteiger partial charge in [0.1, 0.15) is 0 Å². The quantitative estimate of drug-likeness (QED) is 0.809. The van der Waals surface area contributed by atoms with Crippen molar-refractivity contribution in [1.29, 1.82) is 0 Å². The molecule has 18 heavy (non-hydrogen) atoms. The molecule has 2 aromatic rings. The molecular weight excluding hydrogens is 220 g/mol. The van der Waals surface area contributed by atoms with Gasteiger partial charge in [-0.25, -0.2) is 0 Å². The van der Waals surface area contributed by atoms with Crippen LogP contribution < -0.4 is 5.32 Å². The van der Waals surface area contributed by atoms with Crippen LogP contribution in [0.2, 0.25) is 0 Å². The monoisotopic (exact) mass is 238 g/mol. The first-order chi connectivity index (χ1) is 8.84. The van der Waals surface area contributed by atoms with Crippen LogP contribution in [0.25, 0.3) is 6.08 Å². The molecule has 92 valence electrons. The van der Waals surface area contributed by atoms with Crippen molar-refractivity contribution in [3.8, 4) is 0 Å². The van der Waals surface area contributed by atoms with Gasteiger partial charge in [-0.15, -0.1) is 0 Å². The van der Waals surface area contributed by atoms with Crippen molar-refractivity contribution < 1.29 is 0 Å². The van der Waals surface area contributed by atoms with E-state index in [1.54, 1.807) is 0 Å². The number of aromatic nitrogens is 1. The van der Waals surface area contributed by atoms with Crippen LogP contribution >= 0.6 is 0 Å². The summed E-state index contributed by atoms with van der Waals surface area (Å²) in [4.78, 5) is 4.27. The van der Waals surface area contributed by atoms with E-state index in [1.165, 1.54) is 11.1 Å². The molecule has 1 aromatic heterocycles. The lowest BCUT2D eigenvalue weighted by atomic mass is 10.2. The summed E-state index contributed by atoms with van der Waals surface area (Å²) in [7, 11) is 0. The van der Waals surface area contributed by atoms with E-state index in [9.17, 15) is 0 Å². The Kier molecular flexibility index (Phi) is 4.68. The number of benzene rings is 1. The van der Waals surface area contributed by atoms with Crippen LogP contribution in [0.4, 0.5) is 0 Å². The first-order valence-electron chi connectivity index (χ1n) is 6.18. The van der Waals surface area contributed by atoms with Gasteiger partial charge in [0.15, 0.2) is 0 Å². The molecule has 0 radical (unpaired) electrons. The summed E-state index contributed by atoms with van der Waals surface area (Å²) in [5.74, 6) is 0. The van der Waals surface area contributed by atoms with E-state index < -0.39 is 0 Å². The highest BCUT2D eigenvalue weighted by atomic mass is 14.8. The minimum absolute atomic E-state index is 0.854. The zero-order valence-electron chi connectivity index (χ0n) is 10.6. The molecule has 0 aliphatic carbocycles. The van der Waals surface area contributed by atoms with E-state index in [4.69, 9.17) is 0 Å². The summed E-state index contributed by atoms with van der Waals surface area (Å²) in [6, 6.07) is 14.5. The van der Waals surface area contributed by atoms with Crippen LogP contribution in [0.1, 0.15) is 16.8 Å². The van der Waals surface area contributed by atoms with Crippen LogP contribution in [0, 0.1) is 6.92 Å². The molecule has 0 aliphatic rings. The van der Waals surface area contributed by atoms with Crippen molar-refractivity contribution in [3.63, 3.8) is 0 Å². The molecule has 0 atom stereocenters. The molecule has 0 saturated carbocycles. The van der Waals surface area contributed by atoms with Gasteiger partial charge in [-0.05, 0) is 24.1 Å². The van der Waals surface area contributed by atoms with Crippen molar-refractivity contribution in [2.24, 2.45) is 0 Å². The highest BCUT2D eigenvalue weighted by Crippen LogP contribution is 2.01. The molecule has 1 N–H and O–H groups in total. The van der Waals surface area contributed by atoms with E-state index in [-0.39, 0.29) is 0 Å². The Morgan fingerprint density at radius 3 is 2.67 bits per heavy atom. The van der Waals surface area contributed by atoms with Crippen molar-refractivity contribution in [1.82, 2.24) is 10.3 Å². The molecule has 1 aromatic carbocycles. The van der Waals surface area contributed by atoms with Crippen molar-refractivity contribution in [2.75, 3.05) is 6.54 Å². The van der Waals surface area contributed by atoms with E-state index in [2.05, 4.69) is 40.7 Å². The molecule has 0 bridgehead atoms. The molecule has 0 unspecified atom stereocenters. The van der Waals surface area contributed by atoms with Gasteiger partial charge < -0.3 is 5.32 Å². The Labute approximate surface area is 108 Å². The second-order valence-corrected chi connectivity index (χ2v) is 4.25. The van der Waals surface area contributed by atoms with E-state index in [1.807, 2.05) is 37.4 Å². The third kappa shape index (κ3) is 4.15. The van der Waals surface area contributed by atoms with Gasteiger partial charge >= 0.3 is 0 Å². The Balaban J connectivity index is 1.73. The third-order valence-electron chi connectivity index (χ3n) is 2.67. The molecule has 0 saturated heterocycles. The predicted molar refractivity (Wildman–Crippen MR) is 76.2 cm³/mol. The van der Waals surface area contributed by atoms with E-state index in [0.717, 1.165) is 18.8 Å². The van der Waals surface area contributed by atoms with Gasteiger partial charge in [0, 0.05) is 25.0 Å². The number of hydrogen-bond acceptors (Lipinski definition) is 2. The van der Waals surface area contributed by atoms with Crippen LogP contribution in [0.15, 0.2) is 54.7 Å². The molecule has 0 aliphatic heterocycles. The van der Waals surface area contributed by atoms with Crippen LogP contribution in [0.3, 0.4) is 0 Å². The number of nitrogens with zero attached hydrogens (tertiary/aromatic N) is 1. The minimum Gasteiger partial charge on any atom is -0.309 e. The zero-order valence-corrected chi connectivity index (χ0v) is 10.6. The fourth-order valence-electron chi connectivity index (χ4n) is 1.66. The Morgan fingerprint density at radius 1 is 1.11 bits per heavy atom. The maximum absolute atomic E-state index is 4.27. The van der Waals surface area contributed by atoms with Crippen LogP contribution in [-0.4, -0.2) is 11.5 Å². The Bertz CT molecular complexity index is 486. The summed E-state index contributed by atoms with van der Waals surface area (Å²) in [5, 5.41) is 3.36. The first kappa shape index (κ1) is 12.5. The number of rotatable bonds is 5. The lowest BCUT2D eigenvalue weighted by Crippen LogP contribution is -2.12. The first-order valence-corrected chi connectivity index (χ1v) is 6.18. The second kappa shape index (κ2) is 6.72. The van der Waals surface area contributed by atoms with E-state index in [0.29, 0.717) is 0 Å². The molecule has 0 spiro atoms. The van der Waals surface area contributed by atoms with E-state index >= 15 is 0 Å². The smallest absolute Gasteiger partial charge is 0.0372 e. The number of aryl methyl sites for hydroxylation is 1. The maximum atomic E-state index is 4.27. The fraction of sp³-hybridized carbons (Fsp3) is 0.188. The fourth-order valence-corrected chi connectivity index (χ4v) is 1.66. The van der Waals surface area contributed by atoms with Crippen LogP contribution in [-0.2, 0) is 6.54 Å². The molecular formula is C16H18N2. The van der Waals surface area contributed by atoms with Crippen molar-refractivity contribution >= 4 is 6.08 Å². The standard InChI is InChI=1S/C16H18N2/c1-14-9-10-16(13-18-14)12-17-11-5-8-15-6-3-2-4-7-15/h2-10,13,17H,11-12H2,1H3/b8-5-. The summed E-state index contributed by atoms with van der Waals surface area (Å²) in [6.45, 7) is 3.72. The summed E-state index contributed by atoms with van der Waals surface area (Å²) in [6.07, 6.45) is 6.18. The largest absolute Gasteiger partial charge is 0.309 e. The molecule has 1 heterocycles. The Hall–Kier alpha value is -1.93. The number of nitrogens with one attached hydrogen (secondary N) is 1. The van der Waals surface area contributed by atoms with Crippen molar-refractivity contribution in [2.45, 2.75) is 13.5 Å². The summed E-state index contributed by atoms with van der Waals surface area (Å²) >= 11 is 0. The SMILES string of the molecule is Cc1ccc(CNC/C=C\c2ccccc2)cn1. The predicted octanol–water partition coefficient (Wildman–Crippen LogP) is 3.19. The van der Waals surface area contributed by atoms with Gasteiger partial charge in [0.05, 0.1) is 0 Å².